The van der Waals surface area contributed by atoms with Gasteiger partial charge in [0.25, 0.3) is 0 Å². The second-order valence-electron chi connectivity index (χ2n) is 6.15. The van der Waals surface area contributed by atoms with E-state index < -0.39 is 0 Å². The number of hydrogen-bond donors (Lipinski definition) is 1. The molecular formula is C18H29NO2. The summed E-state index contributed by atoms with van der Waals surface area (Å²) in [5.41, 5.74) is 1.23. The third-order valence-electron chi connectivity index (χ3n) is 4.64. The fourth-order valence-electron chi connectivity index (χ4n) is 3.69. The van der Waals surface area contributed by atoms with Gasteiger partial charge in [0.2, 0.25) is 0 Å². The molecule has 1 fully saturated rings. The Morgan fingerprint density at radius 1 is 1.24 bits per heavy atom. The van der Waals surface area contributed by atoms with Crippen LogP contribution in [0.5, 0.6) is 11.5 Å². The standard InChI is InChI=1S/C18H29NO2/c1-5-19-17(14-9-6-8-13(2)12-14)15-10-7-11-16(20-3)18(15)21-4/h7,10-11,13-14,17,19H,5-6,8-9,12H2,1-4H3. The molecule has 21 heavy (non-hydrogen) atoms. The number of para-hydroxylation sites is 1. The van der Waals surface area contributed by atoms with Gasteiger partial charge in [0.15, 0.2) is 11.5 Å². The van der Waals surface area contributed by atoms with Crippen molar-refractivity contribution in [1.29, 1.82) is 0 Å². The quantitative estimate of drug-likeness (QED) is 0.853. The number of ether oxygens (including phenoxy) is 2. The summed E-state index contributed by atoms with van der Waals surface area (Å²) in [7, 11) is 3.43. The highest BCUT2D eigenvalue weighted by Crippen LogP contribution is 2.42. The molecule has 3 heteroatoms. The second-order valence-corrected chi connectivity index (χ2v) is 6.15. The predicted octanol–water partition coefficient (Wildman–Crippen LogP) is 4.18. The van der Waals surface area contributed by atoms with Crippen LogP contribution in [0.3, 0.4) is 0 Å². The van der Waals surface area contributed by atoms with E-state index in [0.717, 1.165) is 24.0 Å². The number of rotatable bonds is 6. The van der Waals surface area contributed by atoms with Crippen molar-refractivity contribution in [3.05, 3.63) is 23.8 Å². The van der Waals surface area contributed by atoms with E-state index >= 15 is 0 Å². The molecule has 0 radical (unpaired) electrons. The molecule has 3 nitrogen and oxygen atoms in total. The Balaban J connectivity index is 2.33. The van der Waals surface area contributed by atoms with Gasteiger partial charge in [-0.3, -0.25) is 0 Å². The van der Waals surface area contributed by atoms with Crippen LogP contribution in [0.1, 0.15) is 51.1 Å². The molecule has 0 saturated heterocycles. The highest BCUT2D eigenvalue weighted by Gasteiger charge is 2.29. The van der Waals surface area contributed by atoms with E-state index in [4.69, 9.17) is 9.47 Å². The van der Waals surface area contributed by atoms with E-state index in [2.05, 4.69) is 31.3 Å². The minimum atomic E-state index is 0.350. The van der Waals surface area contributed by atoms with Crippen LogP contribution in [-0.4, -0.2) is 20.8 Å². The molecule has 0 spiro atoms. The van der Waals surface area contributed by atoms with Crippen molar-refractivity contribution in [2.24, 2.45) is 11.8 Å². The maximum absolute atomic E-state index is 5.65. The summed E-state index contributed by atoms with van der Waals surface area (Å²) in [6.45, 7) is 5.51. The van der Waals surface area contributed by atoms with E-state index in [0.29, 0.717) is 12.0 Å². The normalized spacial score (nSPS) is 23.6. The molecule has 118 valence electrons. The minimum absolute atomic E-state index is 0.350. The third-order valence-corrected chi connectivity index (χ3v) is 4.64. The number of nitrogens with one attached hydrogen (secondary N) is 1. The van der Waals surface area contributed by atoms with Crippen LogP contribution in [0.25, 0.3) is 0 Å². The maximum Gasteiger partial charge on any atom is 0.165 e. The Morgan fingerprint density at radius 2 is 2.05 bits per heavy atom. The smallest absolute Gasteiger partial charge is 0.165 e. The summed E-state index contributed by atoms with van der Waals surface area (Å²) < 4.78 is 11.1. The van der Waals surface area contributed by atoms with Crippen molar-refractivity contribution < 1.29 is 9.47 Å². The van der Waals surface area contributed by atoms with Gasteiger partial charge in [0, 0.05) is 11.6 Å². The highest BCUT2D eigenvalue weighted by atomic mass is 16.5. The average molecular weight is 291 g/mol. The Hall–Kier alpha value is -1.22. The summed E-state index contributed by atoms with van der Waals surface area (Å²) in [5.74, 6) is 3.20. The van der Waals surface area contributed by atoms with Gasteiger partial charge in [0.05, 0.1) is 14.2 Å². The van der Waals surface area contributed by atoms with E-state index in [1.54, 1.807) is 14.2 Å². The van der Waals surface area contributed by atoms with Gasteiger partial charge in [-0.05, 0) is 37.3 Å². The Bertz CT molecular complexity index is 447. The summed E-state index contributed by atoms with van der Waals surface area (Å²) in [6, 6.07) is 6.55. The van der Waals surface area contributed by atoms with Crippen LogP contribution in [0.2, 0.25) is 0 Å². The zero-order valence-electron chi connectivity index (χ0n) is 13.8. The van der Waals surface area contributed by atoms with Gasteiger partial charge in [-0.1, -0.05) is 38.8 Å². The third kappa shape index (κ3) is 3.70. The molecule has 0 aliphatic heterocycles. The predicted molar refractivity (Wildman–Crippen MR) is 87.1 cm³/mol. The molecule has 3 unspecified atom stereocenters. The van der Waals surface area contributed by atoms with E-state index in [1.807, 2.05) is 6.07 Å². The Morgan fingerprint density at radius 3 is 2.67 bits per heavy atom. The fourth-order valence-corrected chi connectivity index (χ4v) is 3.69. The van der Waals surface area contributed by atoms with Crippen molar-refractivity contribution in [2.45, 2.75) is 45.6 Å². The van der Waals surface area contributed by atoms with E-state index in [9.17, 15) is 0 Å². The lowest BCUT2D eigenvalue weighted by molar-refractivity contribution is 0.221. The van der Waals surface area contributed by atoms with Gasteiger partial charge in [-0.15, -0.1) is 0 Å². The van der Waals surface area contributed by atoms with Crippen LogP contribution in [0.15, 0.2) is 18.2 Å². The van der Waals surface area contributed by atoms with Crippen LogP contribution < -0.4 is 14.8 Å². The lowest BCUT2D eigenvalue weighted by Gasteiger charge is -2.34. The van der Waals surface area contributed by atoms with Crippen molar-refractivity contribution in [1.82, 2.24) is 5.32 Å². The van der Waals surface area contributed by atoms with Gasteiger partial charge in [-0.2, -0.15) is 0 Å². The first-order chi connectivity index (χ1) is 10.2. The lowest BCUT2D eigenvalue weighted by atomic mass is 9.76. The van der Waals surface area contributed by atoms with E-state index in [1.165, 1.54) is 31.2 Å². The number of methoxy groups -OCH3 is 2. The lowest BCUT2D eigenvalue weighted by Crippen LogP contribution is -2.31. The minimum Gasteiger partial charge on any atom is -0.493 e. The van der Waals surface area contributed by atoms with Crippen molar-refractivity contribution in [3.8, 4) is 11.5 Å². The molecule has 0 heterocycles. The van der Waals surface area contributed by atoms with Crippen LogP contribution in [-0.2, 0) is 0 Å². The zero-order chi connectivity index (χ0) is 15.2. The molecule has 2 rings (SSSR count). The highest BCUT2D eigenvalue weighted by molar-refractivity contribution is 5.48. The Kier molecular flexibility index (Phi) is 5.92. The molecule has 0 bridgehead atoms. The van der Waals surface area contributed by atoms with Crippen molar-refractivity contribution in [3.63, 3.8) is 0 Å². The SMILES string of the molecule is CCNC(c1cccc(OC)c1OC)C1CCCC(C)C1. The molecule has 1 aromatic rings. The molecule has 1 aliphatic carbocycles. The average Bonchev–Trinajstić information content (AvgIpc) is 2.51. The second kappa shape index (κ2) is 7.69. The molecule has 3 atom stereocenters. The Labute approximate surface area is 129 Å². The van der Waals surface area contributed by atoms with Gasteiger partial charge >= 0.3 is 0 Å². The molecule has 1 N–H and O–H groups in total. The molecule has 1 aliphatic rings. The van der Waals surface area contributed by atoms with Gasteiger partial charge in [0.1, 0.15) is 0 Å². The first-order valence-electron chi connectivity index (χ1n) is 8.15. The molecule has 0 aromatic heterocycles. The first kappa shape index (κ1) is 16.2. The van der Waals surface area contributed by atoms with Crippen LogP contribution >= 0.6 is 0 Å². The monoisotopic (exact) mass is 291 g/mol. The molecule has 1 aromatic carbocycles. The fraction of sp³-hybridized carbons (Fsp3) is 0.667. The summed E-state index contributed by atoms with van der Waals surface area (Å²) in [5, 5.41) is 3.68. The zero-order valence-corrected chi connectivity index (χ0v) is 13.8. The molecular weight excluding hydrogens is 262 g/mol. The number of benzene rings is 1. The summed E-state index contributed by atoms with van der Waals surface area (Å²) in [6.07, 6.45) is 5.28. The summed E-state index contributed by atoms with van der Waals surface area (Å²) in [4.78, 5) is 0. The van der Waals surface area contributed by atoms with Gasteiger partial charge in [-0.25, -0.2) is 0 Å². The van der Waals surface area contributed by atoms with Crippen molar-refractivity contribution in [2.75, 3.05) is 20.8 Å². The first-order valence-corrected chi connectivity index (χ1v) is 8.15. The molecule has 1 saturated carbocycles. The topological polar surface area (TPSA) is 30.5 Å². The number of hydrogen-bond acceptors (Lipinski definition) is 3. The van der Waals surface area contributed by atoms with Crippen LogP contribution in [0.4, 0.5) is 0 Å². The maximum atomic E-state index is 5.65. The van der Waals surface area contributed by atoms with Crippen LogP contribution in [0, 0.1) is 11.8 Å². The van der Waals surface area contributed by atoms with Crippen molar-refractivity contribution >= 4 is 0 Å². The van der Waals surface area contributed by atoms with E-state index in [-0.39, 0.29) is 0 Å². The van der Waals surface area contributed by atoms with Gasteiger partial charge < -0.3 is 14.8 Å². The molecule has 0 amide bonds. The summed E-state index contributed by atoms with van der Waals surface area (Å²) >= 11 is 0. The largest absolute Gasteiger partial charge is 0.493 e.